The van der Waals surface area contributed by atoms with E-state index in [2.05, 4.69) is 10.6 Å². The Morgan fingerprint density at radius 1 is 1.32 bits per heavy atom. The summed E-state index contributed by atoms with van der Waals surface area (Å²) in [7, 11) is 1.90. The van der Waals surface area contributed by atoms with Gasteiger partial charge in [0.25, 0.3) is 0 Å². The number of amides is 2. The summed E-state index contributed by atoms with van der Waals surface area (Å²) in [6.07, 6.45) is 4.23. The molecule has 0 bridgehead atoms. The lowest BCUT2D eigenvalue weighted by molar-refractivity contribution is -0.135. The van der Waals surface area contributed by atoms with Crippen molar-refractivity contribution >= 4 is 11.8 Å². The van der Waals surface area contributed by atoms with Crippen molar-refractivity contribution in [1.82, 2.24) is 15.5 Å². The molecular weight excluding hydrogens is 242 g/mol. The highest BCUT2D eigenvalue weighted by Gasteiger charge is 2.27. The van der Waals surface area contributed by atoms with E-state index in [1.54, 1.807) is 0 Å². The van der Waals surface area contributed by atoms with E-state index in [0.717, 1.165) is 38.8 Å². The summed E-state index contributed by atoms with van der Waals surface area (Å²) >= 11 is 0. The largest absolute Gasteiger partial charge is 0.356 e. The van der Waals surface area contributed by atoms with Gasteiger partial charge in [-0.15, -0.1) is 0 Å². The van der Waals surface area contributed by atoms with Crippen molar-refractivity contribution in [2.75, 3.05) is 33.2 Å². The van der Waals surface area contributed by atoms with Gasteiger partial charge in [-0.3, -0.25) is 9.59 Å². The highest BCUT2D eigenvalue weighted by Crippen LogP contribution is 2.17. The van der Waals surface area contributed by atoms with Crippen LogP contribution in [0.3, 0.4) is 0 Å². The average molecular weight is 269 g/mol. The Morgan fingerprint density at radius 3 is 2.79 bits per heavy atom. The number of nitrogens with one attached hydrogen (secondary N) is 2. The Labute approximate surface area is 116 Å². The van der Waals surface area contributed by atoms with E-state index in [1.807, 2.05) is 18.9 Å². The van der Waals surface area contributed by atoms with Gasteiger partial charge in [-0.25, -0.2) is 0 Å². The summed E-state index contributed by atoms with van der Waals surface area (Å²) in [6.45, 7) is 5.03. The third kappa shape index (κ3) is 5.59. The first-order valence-corrected chi connectivity index (χ1v) is 7.39. The molecule has 1 atom stereocenters. The second-order valence-corrected chi connectivity index (χ2v) is 5.18. The number of nitrogens with zero attached hydrogens (tertiary/aromatic N) is 1. The molecule has 110 valence electrons. The predicted octanol–water partition coefficient (Wildman–Crippen LogP) is 0.751. The fourth-order valence-corrected chi connectivity index (χ4v) is 2.41. The fraction of sp³-hybridized carbons (Fsp3) is 0.857. The van der Waals surface area contributed by atoms with Gasteiger partial charge in [-0.1, -0.05) is 6.92 Å². The SMILES string of the molecule is CCCC(=O)N1CCCC(C(=O)NCCCNC)C1. The number of rotatable bonds is 7. The number of carbonyl (C=O) groups excluding carboxylic acids is 2. The Morgan fingerprint density at radius 2 is 2.11 bits per heavy atom. The van der Waals surface area contributed by atoms with E-state index in [-0.39, 0.29) is 17.7 Å². The van der Waals surface area contributed by atoms with Crippen LogP contribution in [0.5, 0.6) is 0 Å². The molecule has 1 unspecified atom stereocenters. The van der Waals surface area contributed by atoms with Crippen LogP contribution in [0.1, 0.15) is 39.0 Å². The van der Waals surface area contributed by atoms with Gasteiger partial charge in [-0.2, -0.15) is 0 Å². The zero-order valence-electron chi connectivity index (χ0n) is 12.2. The van der Waals surface area contributed by atoms with Crippen LogP contribution < -0.4 is 10.6 Å². The summed E-state index contributed by atoms with van der Waals surface area (Å²) in [6, 6.07) is 0. The molecule has 0 aliphatic carbocycles. The molecule has 1 fully saturated rings. The predicted molar refractivity (Wildman–Crippen MR) is 75.8 cm³/mol. The second-order valence-electron chi connectivity index (χ2n) is 5.18. The second kappa shape index (κ2) is 8.91. The lowest BCUT2D eigenvalue weighted by Crippen LogP contribution is -2.45. The monoisotopic (exact) mass is 269 g/mol. The molecule has 0 spiro atoms. The molecule has 0 saturated carbocycles. The maximum absolute atomic E-state index is 12.0. The smallest absolute Gasteiger partial charge is 0.224 e. The average Bonchev–Trinajstić information content (AvgIpc) is 2.44. The first kappa shape index (κ1) is 16.0. The summed E-state index contributed by atoms with van der Waals surface area (Å²) in [4.78, 5) is 25.7. The van der Waals surface area contributed by atoms with Crippen LogP contribution in [-0.2, 0) is 9.59 Å². The van der Waals surface area contributed by atoms with Crippen molar-refractivity contribution < 1.29 is 9.59 Å². The first-order valence-electron chi connectivity index (χ1n) is 7.39. The Kier molecular flexibility index (Phi) is 7.48. The third-order valence-corrected chi connectivity index (χ3v) is 3.51. The molecule has 0 aromatic heterocycles. The molecule has 0 aromatic rings. The van der Waals surface area contributed by atoms with Crippen LogP contribution in [0, 0.1) is 5.92 Å². The molecule has 2 N–H and O–H groups in total. The van der Waals surface area contributed by atoms with Gasteiger partial charge in [0.1, 0.15) is 0 Å². The zero-order valence-corrected chi connectivity index (χ0v) is 12.2. The van der Waals surface area contributed by atoms with E-state index < -0.39 is 0 Å². The third-order valence-electron chi connectivity index (χ3n) is 3.51. The molecule has 1 heterocycles. The molecule has 5 nitrogen and oxygen atoms in total. The van der Waals surface area contributed by atoms with Crippen LogP contribution in [0.15, 0.2) is 0 Å². The molecule has 1 saturated heterocycles. The van der Waals surface area contributed by atoms with Crippen molar-refractivity contribution in [2.24, 2.45) is 5.92 Å². The van der Waals surface area contributed by atoms with Gasteiger partial charge < -0.3 is 15.5 Å². The molecule has 0 aromatic carbocycles. The van der Waals surface area contributed by atoms with E-state index in [1.165, 1.54) is 0 Å². The van der Waals surface area contributed by atoms with Gasteiger partial charge in [0.05, 0.1) is 5.92 Å². The number of carbonyl (C=O) groups is 2. The van der Waals surface area contributed by atoms with Crippen molar-refractivity contribution in [2.45, 2.75) is 39.0 Å². The van der Waals surface area contributed by atoms with Crippen LogP contribution in [0.4, 0.5) is 0 Å². The lowest BCUT2D eigenvalue weighted by Gasteiger charge is -2.32. The first-order chi connectivity index (χ1) is 9.19. The summed E-state index contributed by atoms with van der Waals surface area (Å²) < 4.78 is 0. The molecule has 19 heavy (non-hydrogen) atoms. The molecule has 1 rings (SSSR count). The number of hydrogen-bond acceptors (Lipinski definition) is 3. The molecular formula is C14H27N3O2. The van der Waals surface area contributed by atoms with E-state index in [4.69, 9.17) is 0 Å². The highest BCUT2D eigenvalue weighted by molar-refractivity contribution is 5.81. The highest BCUT2D eigenvalue weighted by atomic mass is 16.2. The summed E-state index contributed by atoms with van der Waals surface area (Å²) in [5, 5.41) is 6.01. The quantitative estimate of drug-likeness (QED) is 0.671. The normalized spacial score (nSPS) is 19.3. The lowest BCUT2D eigenvalue weighted by atomic mass is 9.96. The van der Waals surface area contributed by atoms with Crippen LogP contribution in [0.25, 0.3) is 0 Å². The minimum absolute atomic E-state index is 0.0239. The number of likely N-dealkylation sites (tertiary alicyclic amines) is 1. The minimum Gasteiger partial charge on any atom is -0.356 e. The van der Waals surface area contributed by atoms with E-state index >= 15 is 0 Å². The topological polar surface area (TPSA) is 61.4 Å². The number of piperidine rings is 1. The zero-order chi connectivity index (χ0) is 14.1. The van der Waals surface area contributed by atoms with Crippen LogP contribution >= 0.6 is 0 Å². The van der Waals surface area contributed by atoms with Crippen molar-refractivity contribution in [3.8, 4) is 0 Å². The number of hydrogen-bond donors (Lipinski definition) is 2. The van der Waals surface area contributed by atoms with Crippen molar-refractivity contribution in [3.63, 3.8) is 0 Å². The Hall–Kier alpha value is -1.10. The van der Waals surface area contributed by atoms with E-state index in [0.29, 0.717) is 19.5 Å². The summed E-state index contributed by atoms with van der Waals surface area (Å²) in [5.74, 6) is 0.268. The van der Waals surface area contributed by atoms with E-state index in [9.17, 15) is 9.59 Å². The van der Waals surface area contributed by atoms with Gasteiger partial charge >= 0.3 is 0 Å². The maximum atomic E-state index is 12.0. The molecule has 5 heteroatoms. The van der Waals surface area contributed by atoms with Crippen molar-refractivity contribution in [1.29, 1.82) is 0 Å². The van der Waals surface area contributed by atoms with Gasteiger partial charge in [0, 0.05) is 26.1 Å². The maximum Gasteiger partial charge on any atom is 0.224 e. The fourth-order valence-electron chi connectivity index (χ4n) is 2.41. The Bertz CT molecular complexity index is 294. The van der Waals surface area contributed by atoms with Gasteiger partial charge in [0.15, 0.2) is 0 Å². The molecule has 1 aliphatic heterocycles. The van der Waals surface area contributed by atoms with Crippen LogP contribution in [-0.4, -0.2) is 49.9 Å². The minimum atomic E-state index is -0.0239. The standard InChI is InChI=1S/C14H27N3O2/c1-3-6-13(18)17-10-4-7-12(11-17)14(19)16-9-5-8-15-2/h12,15H,3-11H2,1-2H3,(H,16,19). The summed E-state index contributed by atoms with van der Waals surface area (Å²) in [5.41, 5.74) is 0. The molecule has 0 radical (unpaired) electrons. The van der Waals surface area contributed by atoms with Gasteiger partial charge in [0.2, 0.25) is 11.8 Å². The van der Waals surface area contributed by atoms with Gasteiger partial charge in [-0.05, 0) is 39.3 Å². The Balaban J connectivity index is 2.32. The molecule has 1 aliphatic rings. The van der Waals surface area contributed by atoms with Crippen LogP contribution in [0.2, 0.25) is 0 Å². The van der Waals surface area contributed by atoms with Crippen molar-refractivity contribution in [3.05, 3.63) is 0 Å². The molecule has 2 amide bonds.